The summed E-state index contributed by atoms with van der Waals surface area (Å²) in [4.78, 5) is 0. The lowest BCUT2D eigenvalue weighted by atomic mass is 9.93. The largest absolute Gasteiger partial charge is 0.327 e. The summed E-state index contributed by atoms with van der Waals surface area (Å²) < 4.78 is 0. The molecule has 86 valence electrons. The van der Waals surface area contributed by atoms with E-state index in [1.807, 2.05) is 0 Å². The molecule has 3 rings (SSSR count). The van der Waals surface area contributed by atoms with Gasteiger partial charge in [-0.25, -0.2) is 0 Å². The van der Waals surface area contributed by atoms with Crippen molar-refractivity contribution >= 4 is 0 Å². The van der Waals surface area contributed by atoms with Crippen LogP contribution in [0, 0.1) is 5.92 Å². The van der Waals surface area contributed by atoms with Crippen molar-refractivity contribution in [1.29, 1.82) is 0 Å². The zero-order valence-electron chi connectivity index (χ0n) is 9.91. The van der Waals surface area contributed by atoms with Crippen molar-refractivity contribution in [2.45, 2.75) is 51.0 Å². The Morgan fingerprint density at radius 3 is 2.75 bits per heavy atom. The highest BCUT2D eigenvalue weighted by atomic mass is 14.7. The number of fused-ring (bicyclic) bond motifs is 1. The molecule has 2 unspecified atom stereocenters. The maximum Gasteiger partial charge on any atom is 0.00703 e. The molecule has 1 heteroatoms. The molecule has 0 aliphatic heterocycles. The number of rotatable bonds is 2. The summed E-state index contributed by atoms with van der Waals surface area (Å²) in [6.07, 6.45) is 9.03. The van der Waals surface area contributed by atoms with Crippen LogP contribution in [0.1, 0.15) is 42.4 Å². The first kappa shape index (κ1) is 10.3. The van der Waals surface area contributed by atoms with Gasteiger partial charge in [-0.2, -0.15) is 0 Å². The number of hydrogen-bond acceptors (Lipinski definition) is 1. The van der Waals surface area contributed by atoms with E-state index in [1.165, 1.54) is 50.5 Å². The van der Waals surface area contributed by atoms with Crippen LogP contribution in [0.5, 0.6) is 0 Å². The lowest BCUT2D eigenvalue weighted by Gasteiger charge is -2.15. The molecule has 2 aliphatic rings. The minimum Gasteiger partial charge on any atom is -0.327 e. The molecule has 0 spiro atoms. The van der Waals surface area contributed by atoms with Gasteiger partial charge >= 0.3 is 0 Å². The monoisotopic (exact) mass is 215 g/mol. The molecule has 16 heavy (non-hydrogen) atoms. The van der Waals surface area contributed by atoms with Gasteiger partial charge in [0.2, 0.25) is 0 Å². The number of aryl methyl sites for hydroxylation is 2. The third-order valence-electron chi connectivity index (χ3n) is 4.38. The molecule has 2 aliphatic carbocycles. The maximum atomic E-state index is 6.14. The summed E-state index contributed by atoms with van der Waals surface area (Å²) in [7, 11) is 0. The van der Waals surface area contributed by atoms with E-state index in [-0.39, 0.29) is 0 Å². The van der Waals surface area contributed by atoms with E-state index in [2.05, 4.69) is 18.2 Å². The molecule has 0 heterocycles. The van der Waals surface area contributed by atoms with E-state index < -0.39 is 0 Å². The van der Waals surface area contributed by atoms with Crippen LogP contribution >= 0.6 is 0 Å². The Balaban J connectivity index is 1.75. The van der Waals surface area contributed by atoms with E-state index in [0.29, 0.717) is 6.04 Å². The van der Waals surface area contributed by atoms with Gasteiger partial charge in [-0.1, -0.05) is 24.6 Å². The first-order valence-corrected chi connectivity index (χ1v) is 6.69. The average molecular weight is 215 g/mol. The molecule has 1 fully saturated rings. The summed E-state index contributed by atoms with van der Waals surface area (Å²) in [6, 6.07) is 7.56. The minimum absolute atomic E-state index is 0.452. The average Bonchev–Trinajstić information content (AvgIpc) is 2.88. The summed E-state index contributed by atoms with van der Waals surface area (Å²) in [5.41, 5.74) is 10.8. The molecule has 2 atom stereocenters. The fourth-order valence-electron chi connectivity index (χ4n) is 3.37. The van der Waals surface area contributed by atoms with Gasteiger partial charge in [0.05, 0.1) is 0 Å². The van der Waals surface area contributed by atoms with Gasteiger partial charge < -0.3 is 5.73 Å². The summed E-state index contributed by atoms with van der Waals surface area (Å²) in [6.45, 7) is 0. The van der Waals surface area contributed by atoms with Crippen LogP contribution in [0.15, 0.2) is 18.2 Å². The van der Waals surface area contributed by atoms with E-state index in [0.717, 1.165) is 5.92 Å². The first-order valence-electron chi connectivity index (χ1n) is 6.69. The third kappa shape index (κ3) is 1.89. The van der Waals surface area contributed by atoms with E-state index >= 15 is 0 Å². The predicted octanol–water partition coefficient (Wildman–Crippen LogP) is 2.85. The van der Waals surface area contributed by atoms with E-state index in [9.17, 15) is 0 Å². The molecule has 1 saturated carbocycles. The summed E-state index contributed by atoms with van der Waals surface area (Å²) in [5.74, 6) is 0.736. The Kier molecular flexibility index (Phi) is 2.72. The van der Waals surface area contributed by atoms with Crippen molar-refractivity contribution in [3.63, 3.8) is 0 Å². The Morgan fingerprint density at radius 1 is 1.06 bits per heavy atom. The molecule has 0 saturated heterocycles. The minimum atomic E-state index is 0.452. The second-order valence-corrected chi connectivity index (χ2v) is 5.52. The van der Waals surface area contributed by atoms with Crippen LogP contribution in [-0.4, -0.2) is 6.04 Å². The van der Waals surface area contributed by atoms with Crippen LogP contribution in [0.4, 0.5) is 0 Å². The molecule has 1 aromatic carbocycles. The quantitative estimate of drug-likeness (QED) is 0.806. The smallest absolute Gasteiger partial charge is 0.00703 e. The third-order valence-corrected chi connectivity index (χ3v) is 4.38. The lowest BCUT2D eigenvalue weighted by molar-refractivity contribution is 0.478. The summed E-state index contributed by atoms with van der Waals surface area (Å²) >= 11 is 0. The van der Waals surface area contributed by atoms with Gasteiger partial charge in [0, 0.05) is 6.04 Å². The fourth-order valence-corrected chi connectivity index (χ4v) is 3.37. The molecule has 0 radical (unpaired) electrons. The maximum absolute atomic E-state index is 6.14. The van der Waals surface area contributed by atoms with Crippen LogP contribution in [0.2, 0.25) is 0 Å². The Bertz CT molecular complexity index is 383. The molecule has 0 bridgehead atoms. The van der Waals surface area contributed by atoms with Gasteiger partial charge in [-0.15, -0.1) is 0 Å². The summed E-state index contributed by atoms with van der Waals surface area (Å²) in [5, 5.41) is 0. The lowest BCUT2D eigenvalue weighted by Crippen LogP contribution is -2.25. The van der Waals surface area contributed by atoms with Crippen molar-refractivity contribution in [1.82, 2.24) is 0 Å². The highest BCUT2D eigenvalue weighted by Crippen LogP contribution is 2.29. The molecular formula is C15H21N. The van der Waals surface area contributed by atoms with E-state index in [4.69, 9.17) is 5.73 Å². The van der Waals surface area contributed by atoms with Crippen molar-refractivity contribution in [3.8, 4) is 0 Å². The van der Waals surface area contributed by atoms with Crippen LogP contribution in [0.25, 0.3) is 0 Å². The van der Waals surface area contributed by atoms with Gasteiger partial charge in [-0.3, -0.25) is 0 Å². The Hall–Kier alpha value is -0.820. The van der Waals surface area contributed by atoms with Crippen molar-refractivity contribution in [3.05, 3.63) is 34.9 Å². The number of hydrogen-bond donors (Lipinski definition) is 1. The molecule has 0 aromatic heterocycles. The first-order chi connectivity index (χ1) is 7.83. The van der Waals surface area contributed by atoms with Gasteiger partial charge in [0.1, 0.15) is 0 Å². The number of benzene rings is 1. The van der Waals surface area contributed by atoms with Crippen molar-refractivity contribution < 1.29 is 0 Å². The molecule has 1 aromatic rings. The zero-order chi connectivity index (χ0) is 11.0. The predicted molar refractivity (Wildman–Crippen MR) is 67.5 cm³/mol. The van der Waals surface area contributed by atoms with E-state index in [1.54, 1.807) is 11.1 Å². The van der Waals surface area contributed by atoms with Crippen molar-refractivity contribution in [2.24, 2.45) is 11.7 Å². The molecule has 2 N–H and O–H groups in total. The molecular weight excluding hydrogens is 194 g/mol. The van der Waals surface area contributed by atoms with Gasteiger partial charge in [-0.05, 0) is 61.1 Å². The second kappa shape index (κ2) is 4.21. The topological polar surface area (TPSA) is 26.0 Å². The molecule has 1 nitrogen and oxygen atoms in total. The SMILES string of the molecule is NC1CCCC1Cc1ccc2c(c1)CCC2. The van der Waals surface area contributed by atoms with Gasteiger partial charge in [0.25, 0.3) is 0 Å². The zero-order valence-corrected chi connectivity index (χ0v) is 9.91. The van der Waals surface area contributed by atoms with Crippen LogP contribution < -0.4 is 5.73 Å². The van der Waals surface area contributed by atoms with Crippen LogP contribution in [0.3, 0.4) is 0 Å². The standard InChI is InChI=1S/C15H21N/c16-15-6-2-5-14(15)10-11-7-8-12-3-1-4-13(12)9-11/h7-9,14-15H,1-6,10,16H2. The normalized spacial score (nSPS) is 28.3. The molecule has 0 amide bonds. The van der Waals surface area contributed by atoms with Gasteiger partial charge in [0.15, 0.2) is 0 Å². The highest BCUT2D eigenvalue weighted by molar-refractivity contribution is 5.35. The number of nitrogens with two attached hydrogens (primary N) is 1. The second-order valence-electron chi connectivity index (χ2n) is 5.52. The highest BCUT2D eigenvalue weighted by Gasteiger charge is 2.24. The van der Waals surface area contributed by atoms with Crippen molar-refractivity contribution in [2.75, 3.05) is 0 Å². The fraction of sp³-hybridized carbons (Fsp3) is 0.600. The Labute approximate surface area is 98.0 Å². The Morgan fingerprint density at radius 2 is 1.94 bits per heavy atom. The van der Waals surface area contributed by atoms with Crippen LogP contribution in [-0.2, 0) is 19.3 Å².